The zero-order valence-electron chi connectivity index (χ0n) is 18.5. The van der Waals surface area contributed by atoms with Crippen LogP contribution in [0.3, 0.4) is 0 Å². The van der Waals surface area contributed by atoms with Gasteiger partial charge in [-0.1, -0.05) is 66.7 Å². The molecule has 0 spiro atoms. The lowest BCUT2D eigenvalue weighted by molar-refractivity contribution is -0.130. The molecule has 0 aliphatic heterocycles. The number of rotatable bonds is 9. The fourth-order valence-corrected chi connectivity index (χ4v) is 3.34. The Labute approximate surface area is 189 Å². The van der Waals surface area contributed by atoms with E-state index in [1.807, 2.05) is 36.4 Å². The minimum atomic E-state index is -0.286. The monoisotopic (exact) mass is 431 g/mol. The Morgan fingerprint density at radius 1 is 0.875 bits per heavy atom. The van der Waals surface area contributed by atoms with Crippen molar-refractivity contribution in [3.63, 3.8) is 0 Å². The van der Waals surface area contributed by atoms with Crippen LogP contribution in [-0.4, -0.2) is 44.1 Å². The fraction of sp³-hybridized carbons (Fsp3) is 0.231. The van der Waals surface area contributed by atoms with Crippen molar-refractivity contribution in [2.45, 2.75) is 12.3 Å². The molecular weight excluding hydrogens is 402 g/mol. The van der Waals surface area contributed by atoms with Crippen molar-refractivity contribution in [1.29, 1.82) is 0 Å². The van der Waals surface area contributed by atoms with E-state index in [-0.39, 0.29) is 24.5 Å². The number of nitrogens with one attached hydrogen (secondary N) is 2. The number of anilines is 1. The van der Waals surface area contributed by atoms with Gasteiger partial charge in [-0.3, -0.25) is 4.79 Å². The molecule has 3 amide bonds. The Bertz CT molecular complexity index is 968. The largest absolute Gasteiger partial charge is 0.484 e. The normalized spacial score (nSPS) is 10.5. The van der Waals surface area contributed by atoms with Gasteiger partial charge in [-0.05, 0) is 29.7 Å². The van der Waals surface area contributed by atoms with E-state index < -0.39 is 0 Å². The van der Waals surface area contributed by atoms with Crippen LogP contribution in [0.15, 0.2) is 84.9 Å². The Morgan fingerprint density at radius 3 is 2.09 bits per heavy atom. The van der Waals surface area contributed by atoms with Crippen LogP contribution in [0.25, 0.3) is 0 Å². The minimum absolute atomic E-state index is 0.0526. The van der Waals surface area contributed by atoms with Gasteiger partial charge in [0.15, 0.2) is 6.61 Å². The lowest BCUT2D eigenvalue weighted by Crippen LogP contribution is -2.30. The highest BCUT2D eigenvalue weighted by Gasteiger charge is 2.14. The highest BCUT2D eigenvalue weighted by molar-refractivity contribution is 5.89. The molecule has 0 aliphatic rings. The third-order valence-corrected chi connectivity index (χ3v) is 5.08. The number of carbonyl (C=O) groups is 2. The smallest absolute Gasteiger partial charge is 0.319 e. The first kappa shape index (κ1) is 22.9. The molecule has 0 heterocycles. The Kier molecular flexibility index (Phi) is 8.26. The molecule has 6 nitrogen and oxygen atoms in total. The number of hydrogen-bond donors (Lipinski definition) is 2. The van der Waals surface area contributed by atoms with E-state index in [4.69, 9.17) is 4.74 Å². The Balaban J connectivity index is 1.54. The number of hydrogen-bond acceptors (Lipinski definition) is 3. The first-order valence-electron chi connectivity index (χ1n) is 10.6. The lowest BCUT2D eigenvalue weighted by atomic mass is 9.88. The van der Waals surface area contributed by atoms with E-state index in [9.17, 15) is 9.59 Å². The quantitative estimate of drug-likeness (QED) is 0.524. The van der Waals surface area contributed by atoms with Crippen molar-refractivity contribution in [2.24, 2.45) is 0 Å². The first-order valence-corrected chi connectivity index (χ1v) is 10.6. The molecule has 0 bridgehead atoms. The van der Waals surface area contributed by atoms with Crippen molar-refractivity contribution < 1.29 is 14.3 Å². The topological polar surface area (TPSA) is 70.7 Å². The van der Waals surface area contributed by atoms with Crippen LogP contribution >= 0.6 is 0 Å². The van der Waals surface area contributed by atoms with E-state index in [1.165, 1.54) is 16.0 Å². The molecule has 0 atom stereocenters. The summed E-state index contributed by atoms with van der Waals surface area (Å²) in [5, 5.41) is 5.75. The number of nitrogens with zero attached hydrogens (tertiary/aromatic N) is 1. The zero-order chi connectivity index (χ0) is 22.8. The van der Waals surface area contributed by atoms with Crippen molar-refractivity contribution in [3.8, 4) is 5.75 Å². The number of amides is 3. The number of carbonyl (C=O) groups excluding carboxylic acids is 2. The number of likely N-dealkylation sites (N-methyl/N-ethyl adjacent to an activating group) is 1. The summed E-state index contributed by atoms with van der Waals surface area (Å²) in [6, 6.07) is 27.3. The molecule has 6 heteroatoms. The predicted molar refractivity (Wildman–Crippen MR) is 127 cm³/mol. The fourth-order valence-electron chi connectivity index (χ4n) is 3.34. The highest BCUT2D eigenvalue weighted by Crippen LogP contribution is 2.27. The van der Waals surface area contributed by atoms with E-state index in [0.29, 0.717) is 18.0 Å². The molecule has 3 aromatic carbocycles. The van der Waals surface area contributed by atoms with Crippen LogP contribution in [0.5, 0.6) is 5.75 Å². The zero-order valence-corrected chi connectivity index (χ0v) is 18.5. The van der Waals surface area contributed by atoms with Gasteiger partial charge in [0.2, 0.25) is 0 Å². The van der Waals surface area contributed by atoms with Crippen molar-refractivity contribution in [1.82, 2.24) is 10.2 Å². The second-order valence-electron chi connectivity index (χ2n) is 7.65. The van der Waals surface area contributed by atoms with Gasteiger partial charge in [0, 0.05) is 38.3 Å². The molecule has 0 fully saturated rings. The van der Waals surface area contributed by atoms with Crippen LogP contribution < -0.4 is 15.4 Å². The number of urea groups is 1. The van der Waals surface area contributed by atoms with Gasteiger partial charge < -0.3 is 20.3 Å². The summed E-state index contributed by atoms with van der Waals surface area (Å²) >= 11 is 0. The summed E-state index contributed by atoms with van der Waals surface area (Å²) in [6.07, 6.45) is 0.775. The molecule has 0 aliphatic carbocycles. The first-order chi connectivity index (χ1) is 15.5. The summed E-state index contributed by atoms with van der Waals surface area (Å²) in [4.78, 5) is 25.6. The second kappa shape index (κ2) is 11.6. The molecule has 2 N–H and O–H groups in total. The third-order valence-electron chi connectivity index (χ3n) is 5.08. The number of ether oxygens (including phenoxy) is 1. The molecule has 3 aromatic rings. The predicted octanol–water partition coefficient (Wildman–Crippen LogP) is 4.50. The molecule has 32 heavy (non-hydrogen) atoms. The minimum Gasteiger partial charge on any atom is -0.484 e. The van der Waals surface area contributed by atoms with Crippen molar-refractivity contribution >= 4 is 17.6 Å². The molecule has 0 saturated carbocycles. The summed E-state index contributed by atoms with van der Waals surface area (Å²) in [5.41, 5.74) is 3.04. The third kappa shape index (κ3) is 6.87. The summed E-state index contributed by atoms with van der Waals surface area (Å²) in [6.45, 7) is 0.469. The molecule has 0 radical (unpaired) electrons. The van der Waals surface area contributed by atoms with Crippen LogP contribution in [0.2, 0.25) is 0 Å². The molecule has 0 unspecified atom stereocenters. The maximum Gasteiger partial charge on any atom is 0.319 e. The summed E-state index contributed by atoms with van der Waals surface area (Å²) in [7, 11) is 3.35. The molecule has 0 aromatic heterocycles. The number of benzene rings is 3. The summed E-state index contributed by atoms with van der Waals surface area (Å²) < 4.78 is 5.50. The molecular formula is C26H29N3O3. The molecule has 3 rings (SSSR count). The average Bonchev–Trinajstić information content (AvgIpc) is 2.81. The van der Waals surface area contributed by atoms with Gasteiger partial charge in [0.25, 0.3) is 5.91 Å². The average molecular weight is 432 g/mol. The van der Waals surface area contributed by atoms with Gasteiger partial charge in [-0.15, -0.1) is 0 Å². The van der Waals surface area contributed by atoms with Gasteiger partial charge in [-0.2, -0.15) is 0 Å². The molecule has 166 valence electrons. The molecule has 0 saturated heterocycles. The van der Waals surface area contributed by atoms with Gasteiger partial charge in [0.05, 0.1) is 0 Å². The maximum atomic E-state index is 12.4. The standard InChI is InChI=1S/C26H29N3O3/c1-29(2)25(30)19-32-23-15-9-14-22(18-23)28-26(31)27-17-16-24(20-10-5-3-6-11-20)21-12-7-4-8-13-21/h3-15,18,24H,16-17,19H2,1-2H3,(H2,27,28,31). The van der Waals surface area contributed by atoms with E-state index in [0.717, 1.165) is 6.42 Å². The van der Waals surface area contributed by atoms with E-state index in [1.54, 1.807) is 38.4 Å². The van der Waals surface area contributed by atoms with Gasteiger partial charge >= 0.3 is 6.03 Å². The van der Waals surface area contributed by atoms with Crippen LogP contribution in [-0.2, 0) is 4.79 Å². The van der Waals surface area contributed by atoms with Crippen molar-refractivity contribution in [3.05, 3.63) is 96.1 Å². The van der Waals surface area contributed by atoms with E-state index >= 15 is 0 Å². The second-order valence-corrected chi connectivity index (χ2v) is 7.65. The van der Waals surface area contributed by atoms with Crippen LogP contribution in [0.1, 0.15) is 23.5 Å². The van der Waals surface area contributed by atoms with E-state index in [2.05, 4.69) is 34.9 Å². The Hall–Kier alpha value is -3.80. The SMILES string of the molecule is CN(C)C(=O)COc1cccc(NC(=O)NCCC(c2ccccc2)c2ccccc2)c1. The van der Waals surface area contributed by atoms with Crippen molar-refractivity contribution in [2.75, 3.05) is 32.6 Å². The maximum absolute atomic E-state index is 12.4. The highest BCUT2D eigenvalue weighted by atomic mass is 16.5. The van der Waals surface area contributed by atoms with Crippen LogP contribution in [0.4, 0.5) is 10.5 Å². The van der Waals surface area contributed by atoms with Crippen LogP contribution in [0, 0.1) is 0 Å². The van der Waals surface area contributed by atoms with Gasteiger partial charge in [0.1, 0.15) is 5.75 Å². The summed E-state index contributed by atoms with van der Waals surface area (Å²) in [5.74, 6) is 0.586. The Morgan fingerprint density at radius 2 is 1.50 bits per heavy atom. The lowest BCUT2D eigenvalue weighted by Gasteiger charge is -2.18. The van der Waals surface area contributed by atoms with Gasteiger partial charge in [-0.25, -0.2) is 4.79 Å².